The minimum absolute atomic E-state index is 0.109. The number of hydrogen-bond acceptors (Lipinski definition) is 5. The van der Waals surface area contributed by atoms with E-state index in [2.05, 4.69) is 0 Å². The van der Waals surface area contributed by atoms with Crippen LogP contribution in [0.2, 0.25) is 0 Å². The Bertz CT molecular complexity index is 386. The maximum Gasteiger partial charge on any atom is 0.354 e. The van der Waals surface area contributed by atoms with Crippen LogP contribution in [-0.4, -0.2) is 43.7 Å². The normalized spacial score (nSPS) is 32.6. The lowest BCUT2D eigenvalue weighted by atomic mass is 10.2. The number of carboxylic acids is 1. The SMILES string of the molecule is O=C(O)C(=C1SCC(O)S1)N1C(=O)CC1Cl. The van der Waals surface area contributed by atoms with E-state index >= 15 is 0 Å². The van der Waals surface area contributed by atoms with Gasteiger partial charge in [-0.2, -0.15) is 0 Å². The van der Waals surface area contributed by atoms with E-state index in [4.69, 9.17) is 16.7 Å². The Morgan fingerprint density at radius 3 is 2.62 bits per heavy atom. The molecule has 0 spiro atoms. The molecular weight excluding hydrogens is 274 g/mol. The Morgan fingerprint density at radius 1 is 1.56 bits per heavy atom. The van der Waals surface area contributed by atoms with Gasteiger partial charge < -0.3 is 10.2 Å². The summed E-state index contributed by atoms with van der Waals surface area (Å²) in [7, 11) is 0. The Kier molecular flexibility index (Phi) is 3.39. The number of carboxylic acid groups (broad SMARTS) is 1. The third kappa shape index (κ3) is 2.04. The number of aliphatic hydroxyl groups excluding tert-OH is 1. The van der Waals surface area contributed by atoms with Gasteiger partial charge in [0.15, 0.2) is 5.70 Å². The molecule has 0 aliphatic carbocycles. The Morgan fingerprint density at radius 2 is 2.25 bits per heavy atom. The molecule has 0 aromatic carbocycles. The minimum Gasteiger partial charge on any atom is -0.477 e. The summed E-state index contributed by atoms with van der Waals surface area (Å²) in [6.45, 7) is 0. The van der Waals surface area contributed by atoms with Crippen molar-refractivity contribution in [1.82, 2.24) is 4.90 Å². The first-order valence-electron chi connectivity index (χ1n) is 4.42. The summed E-state index contributed by atoms with van der Waals surface area (Å²) in [6.07, 6.45) is 0.156. The molecule has 8 heteroatoms. The molecule has 0 radical (unpaired) electrons. The Labute approximate surface area is 105 Å². The van der Waals surface area contributed by atoms with Crippen LogP contribution in [0.3, 0.4) is 0 Å². The molecule has 16 heavy (non-hydrogen) atoms. The van der Waals surface area contributed by atoms with E-state index in [9.17, 15) is 14.7 Å². The van der Waals surface area contributed by atoms with Gasteiger partial charge in [-0.05, 0) is 0 Å². The third-order valence-corrected chi connectivity index (χ3v) is 5.12. The molecule has 0 saturated carbocycles. The number of thioether (sulfide) groups is 2. The number of β-lactam (4-membered cyclic amide) rings is 1. The molecule has 2 aliphatic heterocycles. The van der Waals surface area contributed by atoms with Crippen molar-refractivity contribution in [2.24, 2.45) is 0 Å². The van der Waals surface area contributed by atoms with E-state index in [1.54, 1.807) is 0 Å². The summed E-state index contributed by atoms with van der Waals surface area (Å²) in [4.78, 5) is 23.5. The summed E-state index contributed by atoms with van der Waals surface area (Å²) in [6, 6.07) is 0. The van der Waals surface area contributed by atoms with Gasteiger partial charge in [0.25, 0.3) is 0 Å². The average molecular weight is 282 g/mol. The molecule has 2 heterocycles. The fourth-order valence-electron chi connectivity index (χ4n) is 1.39. The summed E-state index contributed by atoms with van der Waals surface area (Å²) < 4.78 is 0.443. The van der Waals surface area contributed by atoms with E-state index < -0.39 is 16.9 Å². The second kappa shape index (κ2) is 4.48. The Hall–Kier alpha value is -0.370. The number of hydrogen-bond donors (Lipinski definition) is 2. The zero-order valence-corrected chi connectivity index (χ0v) is 10.3. The van der Waals surface area contributed by atoms with Gasteiger partial charge in [-0.1, -0.05) is 23.4 Å². The van der Waals surface area contributed by atoms with Crippen LogP contribution in [0.25, 0.3) is 0 Å². The van der Waals surface area contributed by atoms with Crippen molar-refractivity contribution in [2.45, 2.75) is 17.4 Å². The van der Waals surface area contributed by atoms with E-state index in [0.717, 1.165) is 16.7 Å². The predicted octanol–water partition coefficient (Wildman–Crippen LogP) is 0.836. The zero-order valence-electron chi connectivity index (χ0n) is 7.92. The van der Waals surface area contributed by atoms with Crippen molar-refractivity contribution in [3.63, 3.8) is 0 Å². The molecule has 2 aliphatic rings. The van der Waals surface area contributed by atoms with Crippen molar-refractivity contribution in [3.05, 3.63) is 9.93 Å². The number of carbonyl (C=O) groups is 2. The maximum atomic E-state index is 11.3. The van der Waals surface area contributed by atoms with Crippen molar-refractivity contribution < 1.29 is 19.8 Å². The molecule has 2 unspecified atom stereocenters. The van der Waals surface area contributed by atoms with Crippen LogP contribution in [0.4, 0.5) is 0 Å². The van der Waals surface area contributed by atoms with Crippen LogP contribution >= 0.6 is 35.1 Å². The van der Waals surface area contributed by atoms with Crippen molar-refractivity contribution in [1.29, 1.82) is 0 Å². The fourth-order valence-corrected chi connectivity index (χ4v) is 4.18. The maximum absolute atomic E-state index is 11.3. The van der Waals surface area contributed by atoms with E-state index in [0.29, 0.717) is 9.99 Å². The van der Waals surface area contributed by atoms with E-state index in [-0.39, 0.29) is 18.0 Å². The molecular formula is C8H8ClNO4S2. The van der Waals surface area contributed by atoms with Crippen LogP contribution in [0.15, 0.2) is 9.93 Å². The molecule has 2 N–H and O–H groups in total. The van der Waals surface area contributed by atoms with Gasteiger partial charge in [-0.15, -0.1) is 11.8 Å². The minimum atomic E-state index is -1.19. The van der Waals surface area contributed by atoms with Gasteiger partial charge >= 0.3 is 5.97 Å². The van der Waals surface area contributed by atoms with Crippen molar-refractivity contribution >= 4 is 47.0 Å². The second-order valence-electron chi connectivity index (χ2n) is 3.23. The van der Waals surface area contributed by atoms with E-state index in [1.165, 1.54) is 11.8 Å². The largest absolute Gasteiger partial charge is 0.477 e. The lowest BCUT2D eigenvalue weighted by Crippen LogP contribution is -2.50. The van der Waals surface area contributed by atoms with Gasteiger partial charge in [0.05, 0.1) is 10.7 Å². The smallest absolute Gasteiger partial charge is 0.354 e. The standard InChI is InChI=1S/C8H8ClNO4S2/c9-3-1-4(11)10(3)6(7(13)14)8-15-2-5(12)16-8/h3,5,12H,1-2H2,(H,13,14). The molecule has 88 valence electrons. The number of halogens is 1. The number of amides is 1. The highest BCUT2D eigenvalue weighted by molar-refractivity contribution is 8.25. The summed E-state index contributed by atoms with van der Waals surface area (Å²) in [5.41, 5.74) is -1.33. The van der Waals surface area contributed by atoms with Gasteiger partial charge in [0.1, 0.15) is 10.9 Å². The molecule has 5 nitrogen and oxygen atoms in total. The lowest BCUT2D eigenvalue weighted by Gasteiger charge is -2.36. The number of likely N-dealkylation sites (tertiary alicyclic amines) is 1. The van der Waals surface area contributed by atoms with Crippen molar-refractivity contribution in [3.8, 4) is 0 Å². The Balaban J connectivity index is 2.30. The van der Waals surface area contributed by atoms with Gasteiger partial charge in [-0.25, -0.2) is 4.79 Å². The van der Waals surface area contributed by atoms with E-state index in [1.807, 2.05) is 0 Å². The zero-order chi connectivity index (χ0) is 11.9. The summed E-state index contributed by atoms with van der Waals surface area (Å²) in [5, 5.41) is 18.4. The van der Waals surface area contributed by atoms with Crippen LogP contribution in [0.5, 0.6) is 0 Å². The first-order chi connectivity index (χ1) is 7.50. The topological polar surface area (TPSA) is 77.8 Å². The molecule has 2 atom stereocenters. The predicted molar refractivity (Wildman–Crippen MR) is 61.8 cm³/mol. The quantitative estimate of drug-likeness (QED) is 0.338. The average Bonchev–Trinajstić information content (AvgIpc) is 2.60. The van der Waals surface area contributed by atoms with Gasteiger partial charge in [0.2, 0.25) is 5.91 Å². The first kappa shape index (κ1) is 12.1. The van der Waals surface area contributed by atoms with Crippen LogP contribution in [-0.2, 0) is 9.59 Å². The number of rotatable bonds is 2. The summed E-state index contributed by atoms with van der Waals surface area (Å²) in [5.74, 6) is -1.07. The van der Waals surface area contributed by atoms with Crippen molar-refractivity contribution in [2.75, 3.05) is 5.75 Å². The van der Waals surface area contributed by atoms with Gasteiger partial charge in [-0.3, -0.25) is 9.69 Å². The van der Waals surface area contributed by atoms with Gasteiger partial charge in [0, 0.05) is 5.75 Å². The number of alkyl halides is 1. The monoisotopic (exact) mass is 281 g/mol. The van der Waals surface area contributed by atoms with Crippen LogP contribution < -0.4 is 0 Å². The molecule has 0 bridgehead atoms. The number of aliphatic carboxylic acids is 1. The second-order valence-corrected chi connectivity index (χ2v) is 6.21. The highest BCUT2D eigenvalue weighted by atomic mass is 35.5. The molecule has 2 fully saturated rings. The van der Waals surface area contributed by atoms with Crippen LogP contribution in [0.1, 0.15) is 6.42 Å². The highest BCUT2D eigenvalue weighted by Gasteiger charge is 2.42. The lowest BCUT2D eigenvalue weighted by molar-refractivity contribution is -0.146. The number of aliphatic hydroxyl groups is 1. The number of nitrogens with zero attached hydrogens (tertiary/aromatic N) is 1. The molecule has 0 aromatic rings. The molecule has 2 rings (SSSR count). The fraction of sp³-hybridized carbons (Fsp3) is 0.500. The first-order valence-corrected chi connectivity index (χ1v) is 6.72. The third-order valence-electron chi connectivity index (χ3n) is 2.13. The highest BCUT2D eigenvalue weighted by Crippen LogP contribution is 2.45. The van der Waals surface area contributed by atoms with Crippen LogP contribution in [0, 0.1) is 0 Å². The molecule has 1 amide bonds. The molecule has 0 aromatic heterocycles. The molecule has 2 saturated heterocycles. The summed E-state index contributed by atoms with van der Waals surface area (Å²) >= 11 is 8.07. The number of carbonyl (C=O) groups excluding carboxylic acids is 1.